The molecule has 0 bridgehead atoms. The molecule has 0 aromatic heterocycles. The van der Waals surface area contributed by atoms with Gasteiger partial charge in [0.05, 0.1) is 22.9 Å². The molecule has 45 heavy (non-hydrogen) atoms. The number of ether oxygens (including phenoxy) is 2. The minimum absolute atomic E-state index is 0.0162. The fraction of sp³-hybridized carbons (Fsp3) is 0.484. The number of rotatable bonds is 8. The van der Waals surface area contributed by atoms with E-state index in [1.54, 1.807) is 38.1 Å². The Morgan fingerprint density at radius 3 is 2.49 bits per heavy atom. The number of anilines is 1. The third-order valence-electron chi connectivity index (χ3n) is 7.72. The zero-order valence-corrected chi connectivity index (χ0v) is 25.5. The Morgan fingerprint density at radius 2 is 1.87 bits per heavy atom. The second-order valence-corrected chi connectivity index (χ2v) is 11.8. The van der Waals surface area contributed by atoms with Crippen LogP contribution in [-0.4, -0.2) is 82.8 Å². The lowest BCUT2D eigenvalue weighted by Crippen LogP contribution is -2.55. The molecule has 14 heteroatoms. The molecule has 2 aliphatic heterocycles. The Hall–Kier alpha value is -4.49. The van der Waals surface area contributed by atoms with E-state index in [9.17, 15) is 37.5 Å². The fourth-order valence-electron chi connectivity index (χ4n) is 5.61. The maximum atomic E-state index is 14.5. The maximum absolute atomic E-state index is 14.5. The number of nitrogens with zero attached hydrogens (tertiary/aromatic N) is 3. The number of likely N-dealkylation sites (tertiary alicyclic amines) is 1. The smallest absolute Gasteiger partial charge is 0.417 e. The number of alkyl halides is 3. The Kier molecular flexibility index (Phi) is 9.83. The predicted molar refractivity (Wildman–Crippen MR) is 157 cm³/mol. The van der Waals surface area contributed by atoms with Crippen LogP contribution in [0, 0.1) is 0 Å². The predicted octanol–water partition coefficient (Wildman–Crippen LogP) is 5.13. The SMILES string of the molecule is CC(C)N(C(=O)c1cc2c(cc1C(F)(F)F)OC(C)(C)C(=O)N2CCNC(=O)OCc1ccccc1)[C@@H]1CCCN(C(=O)O)C1. The van der Waals surface area contributed by atoms with Crippen molar-refractivity contribution in [3.8, 4) is 5.75 Å². The second-order valence-electron chi connectivity index (χ2n) is 11.8. The normalized spacial score (nSPS) is 17.8. The Balaban J connectivity index is 1.64. The molecule has 0 saturated carbocycles. The number of piperidine rings is 1. The molecule has 244 valence electrons. The van der Waals surface area contributed by atoms with Crippen molar-refractivity contribution < 1.29 is 46.9 Å². The van der Waals surface area contributed by atoms with E-state index in [0.717, 1.165) is 16.5 Å². The lowest BCUT2D eigenvalue weighted by Gasteiger charge is -2.42. The van der Waals surface area contributed by atoms with Gasteiger partial charge in [0.15, 0.2) is 5.60 Å². The molecule has 1 atom stereocenters. The maximum Gasteiger partial charge on any atom is 0.417 e. The van der Waals surface area contributed by atoms with E-state index in [4.69, 9.17) is 9.47 Å². The van der Waals surface area contributed by atoms with Crippen molar-refractivity contribution in [3.05, 3.63) is 59.2 Å². The minimum Gasteiger partial charge on any atom is -0.476 e. The first-order chi connectivity index (χ1) is 21.1. The number of alkyl carbamates (subject to hydrolysis) is 1. The van der Waals surface area contributed by atoms with Crippen molar-refractivity contribution in [2.45, 2.75) is 71.0 Å². The average molecular weight is 635 g/mol. The third-order valence-corrected chi connectivity index (χ3v) is 7.72. The molecular formula is C31H37F3N4O7. The fourth-order valence-corrected chi connectivity index (χ4v) is 5.61. The van der Waals surface area contributed by atoms with Gasteiger partial charge in [0.1, 0.15) is 12.4 Å². The highest BCUT2D eigenvalue weighted by Gasteiger charge is 2.45. The summed E-state index contributed by atoms with van der Waals surface area (Å²) in [4.78, 5) is 54.9. The number of amides is 4. The quantitative estimate of drug-likeness (QED) is 0.412. The van der Waals surface area contributed by atoms with Crippen molar-refractivity contribution >= 4 is 29.7 Å². The molecule has 1 fully saturated rings. The molecule has 4 amide bonds. The van der Waals surface area contributed by atoms with E-state index >= 15 is 0 Å². The summed E-state index contributed by atoms with van der Waals surface area (Å²) in [5.41, 5.74) is -2.77. The molecule has 4 rings (SSSR count). The first-order valence-corrected chi connectivity index (χ1v) is 14.6. The lowest BCUT2D eigenvalue weighted by atomic mass is 9.96. The standard InChI is InChI=1S/C31H37F3N4O7/c1-19(2)38(21-11-8-13-36(17-21)29(42)43)26(39)22-15-24-25(16-23(22)31(32,33)34)45-30(3,4)27(40)37(24)14-12-35-28(41)44-18-20-9-6-5-7-10-20/h5-7,9-10,15-16,19,21H,8,11-14,17-18H2,1-4H3,(H,35,41)(H,42,43)/t21-/m1/s1. The van der Waals surface area contributed by atoms with Crippen LogP contribution in [0.15, 0.2) is 42.5 Å². The molecule has 2 heterocycles. The summed E-state index contributed by atoms with van der Waals surface area (Å²) in [6.07, 6.45) is -6.03. The van der Waals surface area contributed by atoms with Crippen LogP contribution in [0.25, 0.3) is 0 Å². The zero-order chi connectivity index (χ0) is 33.1. The second kappa shape index (κ2) is 13.2. The Bertz CT molecular complexity index is 1430. The summed E-state index contributed by atoms with van der Waals surface area (Å²) in [6.45, 7) is 6.10. The van der Waals surface area contributed by atoms with Crippen molar-refractivity contribution in [1.29, 1.82) is 0 Å². The summed E-state index contributed by atoms with van der Waals surface area (Å²) in [5.74, 6) is -1.78. The van der Waals surface area contributed by atoms with Gasteiger partial charge in [-0.2, -0.15) is 13.2 Å². The molecule has 2 aromatic carbocycles. The number of nitrogens with one attached hydrogen (secondary N) is 1. The first kappa shape index (κ1) is 33.4. The molecule has 2 aliphatic rings. The number of carboxylic acid groups (broad SMARTS) is 1. The summed E-state index contributed by atoms with van der Waals surface area (Å²) < 4.78 is 54.3. The van der Waals surface area contributed by atoms with E-state index in [-0.39, 0.29) is 44.2 Å². The van der Waals surface area contributed by atoms with Crippen LogP contribution < -0.4 is 15.0 Å². The summed E-state index contributed by atoms with van der Waals surface area (Å²) in [7, 11) is 0. The van der Waals surface area contributed by atoms with Crippen molar-refractivity contribution in [2.75, 3.05) is 31.1 Å². The molecule has 2 aromatic rings. The van der Waals surface area contributed by atoms with E-state index < -0.39 is 59.0 Å². The molecule has 0 aliphatic carbocycles. The van der Waals surface area contributed by atoms with Crippen LogP contribution in [0.1, 0.15) is 62.0 Å². The number of halogens is 3. The summed E-state index contributed by atoms with van der Waals surface area (Å²) >= 11 is 0. The van der Waals surface area contributed by atoms with E-state index in [1.807, 2.05) is 6.07 Å². The van der Waals surface area contributed by atoms with Crippen LogP contribution in [0.5, 0.6) is 5.75 Å². The van der Waals surface area contributed by atoms with Gasteiger partial charge in [0.2, 0.25) is 0 Å². The number of hydrogen-bond donors (Lipinski definition) is 2. The van der Waals surface area contributed by atoms with Crippen molar-refractivity contribution in [3.63, 3.8) is 0 Å². The van der Waals surface area contributed by atoms with Crippen molar-refractivity contribution in [2.24, 2.45) is 0 Å². The van der Waals surface area contributed by atoms with Crippen LogP contribution in [0.2, 0.25) is 0 Å². The van der Waals surface area contributed by atoms with Gasteiger partial charge < -0.3 is 34.6 Å². The van der Waals surface area contributed by atoms with E-state index in [1.165, 1.54) is 23.6 Å². The van der Waals surface area contributed by atoms with Crippen LogP contribution >= 0.6 is 0 Å². The van der Waals surface area contributed by atoms with Crippen LogP contribution in [0.4, 0.5) is 28.4 Å². The molecule has 0 spiro atoms. The molecular weight excluding hydrogens is 597 g/mol. The van der Waals surface area contributed by atoms with Crippen molar-refractivity contribution in [1.82, 2.24) is 15.1 Å². The molecule has 2 N–H and O–H groups in total. The van der Waals surface area contributed by atoms with Gasteiger partial charge in [-0.15, -0.1) is 0 Å². The van der Waals surface area contributed by atoms with E-state index in [0.29, 0.717) is 18.9 Å². The number of carbonyl (C=O) groups is 4. The summed E-state index contributed by atoms with van der Waals surface area (Å²) in [6, 6.07) is 9.47. The van der Waals surface area contributed by atoms with Gasteiger partial charge >= 0.3 is 18.4 Å². The van der Waals surface area contributed by atoms with Crippen LogP contribution in [0.3, 0.4) is 0 Å². The highest BCUT2D eigenvalue weighted by atomic mass is 19.4. The number of benzene rings is 2. The van der Waals surface area contributed by atoms with Gasteiger partial charge in [-0.1, -0.05) is 30.3 Å². The highest BCUT2D eigenvalue weighted by Crippen LogP contribution is 2.44. The minimum atomic E-state index is -4.95. The third kappa shape index (κ3) is 7.60. The Morgan fingerprint density at radius 1 is 1.18 bits per heavy atom. The number of carbonyl (C=O) groups excluding carboxylic acids is 3. The number of hydrogen-bond acceptors (Lipinski definition) is 6. The number of fused-ring (bicyclic) bond motifs is 1. The largest absolute Gasteiger partial charge is 0.476 e. The van der Waals surface area contributed by atoms with Crippen LogP contribution in [-0.2, 0) is 22.3 Å². The van der Waals surface area contributed by atoms with Gasteiger partial charge in [-0.05, 0) is 58.2 Å². The first-order valence-electron chi connectivity index (χ1n) is 14.6. The zero-order valence-electron chi connectivity index (χ0n) is 25.5. The van der Waals surface area contributed by atoms with E-state index in [2.05, 4.69) is 5.32 Å². The Labute approximate surface area is 258 Å². The topological polar surface area (TPSA) is 129 Å². The highest BCUT2D eigenvalue weighted by molar-refractivity contribution is 6.05. The average Bonchev–Trinajstić information content (AvgIpc) is 2.97. The monoisotopic (exact) mass is 634 g/mol. The molecule has 1 saturated heterocycles. The van der Waals surface area contributed by atoms with Gasteiger partial charge in [-0.3, -0.25) is 9.59 Å². The van der Waals surface area contributed by atoms with Gasteiger partial charge in [0, 0.05) is 32.2 Å². The molecule has 0 radical (unpaired) electrons. The molecule has 11 nitrogen and oxygen atoms in total. The lowest BCUT2D eigenvalue weighted by molar-refractivity contribution is -0.138. The molecule has 0 unspecified atom stereocenters. The summed E-state index contributed by atoms with van der Waals surface area (Å²) in [5, 5.41) is 12.0. The van der Waals surface area contributed by atoms with Gasteiger partial charge in [-0.25, -0.2) is 9.59 Å². The van der Waals surface area contributed by atoms with Gasteiger partial charge in [0.25, 0.3) is 11.8 Å².